The number of phenolic OH excluding ortho intramolecular Hbond substituents is 1. The van der Waals surface area contributed by atoms with Crippen LogP contribution in [0.2, 0.25) is 0 Å². The highest BCUT2D eigenvalue weighted by atomic mass is 32.2. The third-order valence-corrected chi connectivity index (χ3v) is 6.51. The summed E-state index contributed by atoms with van der Waals surface area (Å²) >= 11 is 1.33. The van der Waals surface area contributed by atoms with E-state index in [1.54, 1.807) is 24.2 Å². The number of thioether (sulfide) groups is 1. The molecule has 1 amide bonds. The topological polar surface area (TPSA) is 71.4 Å². The molecule has 1 N–H and O–H groups in total. The Labute approximate surface area is 215 Å². The number of phenols is 1. The lowest BCUT2D eigenvalue weighted by molar-refractivity contribution is -0.122. The number of amidine groups is 1. The van der Waals surface area contributed by atoms with Crippen molar-refractivity contribution < 1.29 is 19.4 Å². The second kappa shape index (κ2) is 11.6. The zero-order chi connectivity index (χ0) is 25.5. The van der Waals surface area contributed by atoms with E-state index in [1.807, 2.05) is 73.7 Å². The van der Waals surface area contributed by atoms with E-state index in [2.05, 4.69) is 6.58 Å². The smallest absolute Gasteiger partial charge is 0.267 e. The minimum absolute atomic E-state index is 0.0942. The predicted octanol–water partition coefficient (Wildman–Crippen LogP) is 6.33. The average Bonchev–Trinajstić information content (AvgIpc) is 3.16. The van der Waals surface area contributed by atoms with Gasteiger partial charge in [-0.3, -0.25) is 9.69 Å². The van der Waals surface area contributed by atoms with Gasteiger partial charge < -0.3 is 14.6 Å². The molecule has 1 aliphatic rings. The van der Waals surface area contributed by atoms with Crippen molar-refractivity contribution in [1.29, 1.82) is 0 Å². The molecule has 3 aromatic carbocycles. The Morgan fingerprint density at radius 1 is 1.11 bits per heavy atom. The molecule has 4 rings (SSSR count). The number of ether oxygens (including phenoxy) is 2. The number of para-hydroxylation sites is 1. The maximum atomic E-state index is 13.6. The number of aliphatic imine (C=N–C) groups is 1. The fourth-order valence-corrected chi connectivity index (χ4v) is 4.76. The van der Waals surface area contributed by atoms with Crippen molar-refractivity contribution in [1.82, 2.24) is 4.90 Å². The lowest BCUT2D eigenvalue weighted by atomic mass is 10.0. The molecule has 3 aromatic rings. The second-order valence-electron chi connectivity index (χ2n) is 8.03. The summed E-state index contributed by atoms with van der Waals surface area (Å²) in [6.45, 7) is 6.42. The Bertz CT molecular complexity index is 1300. The summed E-state index contributed by atoms with van der Waals surface area (Å²) in [6, 6.07) is 20.8. The molecular formula is C29H28N2O4S. The number of hydrogen-bond donors (Lipinski definition) is 1. The van der Waals surface area contributed by atoms with E-state index in [1.165, 1.54) is 11.8 Å². The second-order valence-corrected chi connectivity index (χ2v) is 9.04. The molecule has 1 fully saturated rings. The molecule has 36 heavy (non-hydrogen) atoms. The van der Waals surface area contributed by atoms with Crippen molar-refractivity contribution in [3.63, 3.8) is 0 Å². The lowest BCUT2D eigenvalue weighted by Crippen LogP contribution is -2.28. The molecule has 0 atom stereocenters. The molecular weight excluding hydrogens is 472 g/mol. The van der Waals surface area contributed by atoms with E-state index in [9.17, 15) is 9.90 Å². The first-order valence-electron chi connectivity index (χ1n) is 11.6. The van der Waals surface area contributed by atoms with Crippen LogP contribution >= 0.6 is 11.8 Å². The summed E-state index contributed by atoms with van der Waals surface area (Å²) in [6.07, 6.45) is 4.02. The zero-order valence-corrected chi connectivity index (χ0v) is 21.1. The van der Waals surface area contributed by atoms with Gasteiger partial charge in [-0.05, 0) is 78.7 Å². The van der Waals surface area contributed by atoms with Crippen molar-refractivity contribution in [2.75, 3.05) is 13.7 Å². The molecule has 0 spiro atoms. The number of nitrogens with zero attached hydrogens (tertiary/aromatic N) is 2. The van der Waals surface area contributed by atoms with Gasteiger partial charge in [0.05, 0.1) is 30.9 Å². The number of aromatic hydroxyl groups is 1. The number of allylic oxidation sites excluding steroid dienone is 1. The van der Waals surface area contributed by atoms with Gasteiger partial charge >= 0.3 is 0 Å². The molecule has 0 unspecified atom stereocenters. The number of carbonyl (C=O) groups excluding carboxylic acids is 1. The van der Waals surface area contributed by atoms with Gasteiger partial charge in [0.15, 0.2) is 16.7 Å². The molecule has 0 bridgehead atoms. The van der Waals surface area contributed by atoms with Crippen molar-refractivity contribution in [3.05, 3.63) is 101 Å². The summed E-state index contributed by atoms with van der Waals surface area (Å²) in [7, 11) is 1.62. The number of hydrogen-bond acceptors (Lipinski definition) is 6. The quantitative estimate of drug-likeness (QED) is 0.275. The van der Waals surface area contributed by atoms with E-state index in [-0.39, 0.29) is 11.7 Å². The van der Waals surface area contributed by atoms with Gasteiger partial charge in [-0.25, -0.2) is 4.99 Å². The molecule has 0 saturated carbocycles. The molecule has 0 aliphatic carbocycles. The van der Waals surface area contributed by atoms with Gasteiger partial charge in [-0.15, -0.1) is 6.58 Å². The van der Waals surface area contributed by atoms with E-state index < -0.39 is 0 Å². The van der Waals surface area contributed by atoms with Crippen LogP contribution in [0.15, 0.2) is 89.3 Å². The standard InChI is InChI=1S/C29H28N2O4S/c1-4-9-22-16-21(17-25(27(22)32)35-5-2)18-26-28(33)31(19-20-12-14-24(34-3)15-13-20)29(36-26)30-23-10-7-6-8-11-23/h4,6-8,10-18,32H,1,5,9,19H2,2-3H3/b26-18+,30-29?. The zero-order valence-electron chi connectivity index (χ0n) is 20.3. The van der Waals surface area contributed by atoms with Crippen LogP contribution in [-0.2, 0) is 17.8 Å². The van der Waals surface area contributed by atoms with Crippen LogP contribution in [0.5, 0.6) is 17.2 Å². The first-order chi connectivity index (χ1) is 17.5. The van der Waals surface area contributed by atoms with Gasteiger partial charge in [0.2, 0.25) is 0 Å². The highest BCUT2D eigenvalue weighted by Gasteiger charge is 2.33. The number of benzene rings is 3. The molecule has 1 saturated heterocycles. The summed E-state index contributed by atoms with van der Waals surface area (Å²) in [5, 5.41) is 11.1. The predicted molar refractivity (Wildman–Crippen MR) is 146 cm³/mol. The Kier molecular flexibility index (Phi) is 8.13. The average molecular weight is 501 g/mol. The number of rotatable bonds is 9. The van der Waals surface area contributed by atoms with Crippen molar-refractivity contribution >= 4 is 34.6 Å². The van der Waals surface area contributed by atoms with Gasteiger partial charge in [-0.1, -0.05) is 36.4 Å². The first kappa shape index (κ1) is 25.1. The van der Waals surface area contributed by atoms with Gasteiger partial charge in [-0.2, -0.15) is 0 Å². The highest BCUT2D eigenvalue weighted by Crippen LogP contribution is 2.38. The maximum Gasteiger partial charge on any atom is 0.267 e. The normalized spacial score (nSPS) is 15.5. The van der Waals surface area contributed by atoms with Crippen molar-refractivity contribution in [3.8, 4) is 17.2 Å². The van der Waals surface area contributed by atoms with Crippen LogP contribution in [0.3, 0.4) is 0 Å². The van der Waals surface area contributed by atoms with E-state index in [4.69, 9.17) is 14.5 Å². The van der Waals surface area contributed by atoms with Crippen LogP contribution in [-0.4, -0.2) is 34.8 Å². The van der Waals surface area contributed by atoms with Crippen LogP contribution in [0.25, 0.3) is 6.08 Å². The minimum atomic E-state index is -0.137. The van der Waals surface area contributed by atoms with Crippen LogP contribution in [0.4, 0.5) is 5.69 Å². The summed E-state index contributed by atoms with van der Waals surface area (Å²) in [4.78, 5) is 20.5. The molecule has 184 valence electrons. The molecule has 1 heterocycles. The van der Waals surface area contributed by atoms with Crippen molar-refractivity contribution in [2.45, 2.75) is 19.9 Å². The third kappa shape index (κ3) is 5.80. The van der Waals surface area contributed by atoms with Gasteiger partial charge in [0.25, 0.3) is 5.91 Å². The Morgan fingerprint density at radius 2 is 1.86 bits per heavy atom. The van der Waals surface area contributed by atoms with E-state index in [0.29, 0.717) is 41.0 Å². The van der Waals surface area contributed by atoms with Gasteiger partial charge in [0.1, 0.15) is 5.75 Å². The van der Waals surface area contributed by atoms with Crippen LogP contribution < -0.4 is 9.47 Å². The van der Waals surface area contributed by atoms with Crippen LogP contribution in [0.1, 0.15) is 23.6 Å². The number of methoxy groups -OCH3 is 1. The fourth-order valence-electron chi connectivity index (χ4n) is 3.76. The lowest BCUT2D eigenvalue weighted by Gasteiger charge is -2.16. The van der Waals surface area contributed by atoms with E-state index in [0.717, 1.165) is 22.6 Å². The Morgan fingerprint density at radius 3 is 2.53 bits per heavy atom. The molecule has 1 aliphatic heterocycles. The molecule has 0 aromatic heterocycles. The minimum Gasteiger partial charge on any atom is -0.504 e. The highest BCUT2D eigenvalue weighted by molar-refractivity contribution is 8.18. The number of amides is 1. The first-order valence-corrected chi connectivity index (χ1v) is 12.4. The monoisotopic (exact) mass is 500 g/mol. The fraction of sp³-hybridized carbons (Fsp3) is 0.172. The Balaban J connectivity index is 1.72. The SMILES string of the molecule is C=CCc1cc(/C=C2/SC(=Nc3ccccc3)N(Cc3ccc(OC)cc3)C2=O)cc(OCC)c1O. The number of carbonyl (C=O) groups is 1. The van der Waals surface area contributed by atoms with E-state index >= 15 is 0 Å². The molecule has 6 nitrogen and oxygen atoms in total. The van der Waals surface area contributed by atoms with Crippen LogP contribution in [0, 0.1) is 0 Å². The summed E-state index contributed by atoms with van der Waals surface area (Å²) < 4.78 is 10.9. The molecule has 0 radical (unpaired) electrons. The molecule has 7 heteroatoms. The maximum absolute atomic E-state index is 13.6. The van der Waals surface area contributed by atoms with Gasteiger partial charge in [0, 0.05) is 5.56 Å². The Hall–Kier alpha value is -3.97. The summed E-state index contributed by atoms with van der Waals surface area (Å²) in [5.74, 6) is 1.10. The summed E-state index contributed by atoms with van der Waals surface area (Å²) in [5.41, 5.74) is 3.18. The largest absolute Gasteiger partial charge is 0.504 e. The third-order valence-electron chi connectivity index (χ3n) is 5.51. The van der Waals surface area contributed by atoms with Crippen molar-refractivity contribution in [2.24, 2.45) is 4.99 Å².